The van der Waals surface area contributed by atoms with Crippen molar-refractivity contribution in [1.82, 2.24) is 0 Å². The molecule has 1 unspecified atom stereocenters. The molecule has 0 saturated heterocycles. The largest absolute Gasteiger partial charge is 0.369 e. The number of anilines is 1. The van der Waals surface area contributed by atoms with Gasteiger partial charge in [-0.25, -0.2) is 0 Å². The van der Waals surface area contributed by atoms with E-state index >= 15 is 0 Å². The monoisotopic (exact) mass is 366 g/mol. The van der Waals surface area contributed by atoms with Gasteiger partial charge in [0, 0.05) is 24.1 Å². The number of para-hydroxylation sites is 1. The third-order valence-electron chi connectivity index (χ3n) is 3.33. The van der Waals surface area contributed by atoms with E-state index in [1.807, 2.05) is 19.1 Å². The molecule has 2 aromatic rings. The van der Waals surface area contributed by atoms with Crippen molar-refractivity contribution >= 4 is 33.2 Å². The molecule has 0 saturated carbocycles. The Balaban J connectivity index is 2.25. The Bertz CT molecular complexity index is 596. The van der Waals surface area contributed by atoms with E-state index in [2.05, 4.69) is 58.2 Å². The lowest BCUT2D eigenvalue weighted by molar-refractivity contribution is 0.734. The van der Waals surface area contributed by atoms with Gasteiger partial charge < -0.3 is 10.6 Å². The predicted octanol–water partition coefficient (Wildman–Crippen LogP) is 4.63. The minimum atomic E-state index is 0.114. The van der Waals surface area contributed by atoms with Gasteiger partial charge in [-0.15, -0.1) is 0 Å². The van der Waals surface area contributed by atoms with E-state index in [0.29, 0.717) is 0 Å². The summed E-state index contributed by atoms with van der Waals surface area (Å²) in [6, 6.07) is 14.5. The normalized spacial score (nSPS) is 12.2. The molecule has 2 N–H and O–H groups in total. The Labute approximate surface area is 140 Å². The molecule has 0 aromatic heterocycles. The lowest BCUT2D eigenvalue weighted by Crippen LogP contribution is -2.22. The molecule has 0 radical (unpaired) electrons. The summed E-state index contributed by atoms with van der Waals surface area (Å²) in [6.07, 6.45) is 0.820. The standard InChI is InChI=1S/C17H20BrClN2/c1-12(20)10-14-4-3-5-16(19)17(14)21(2)11-13-6-8-15(18)9-7-13/h3-9,12H,10-11,20H2,1-2H3. The fourth-order valence-electron chi connectivity index (χ4n) is 2.44. The highest BCUT2D eigenvalue weighted by Gasteiger charge is 2.13. The minimum absolute atomic E-state index is 0.114. The minimum Gasteiger partial charge on any atom is -0.369 e. The Morgan fingerprint density at radius 3 is 2.48 bits per heavy atom. The van der Waals surface area contributed by atoms with E-state index in [1.165, 1.54) is 11.1 Å². The molecule has 0 heterocycles. The summed E-state index contributed by atoms with van der Waals surface area (Å²) in [5, 5.41) is 0.771. The molecular weight excluding hydrogens is 348 g/mol. The van der Waals surface area contributed by atoms with Gasteiger partial charge in [0.05, 0.1) is 10.7 Å². The third kappa shape index (κ3) is 4.47. The van der Waals surface area contributed by atoms with Crippen LogP contribution in [-0.4, -0.2) is 13.1 Å². The van der Waals surface area contributed by atoms with Crippen molar-refractivity contribution < 1.29 is 0 Å². The van der Waals surface area contributed by atoms with Gasteiger partial charge in [0.15, 0.2) is 0 Å². The van der Waals surface area contributed by atoms with E-state index in [1.54, 1.807) is 0 Å². The molecule has 0 spiro atoms. The summed E-state index contributed by atoms with van der Waals surface area (Å²) in [5.74, 6) is 0. The van der Waals surface area contributed by atoms with Crippen molar-refractivity contribution in [2.45, 2.75) is 25.9 Å². The zero-order valence-electron chi connectivity index (χ0n) is 12.3. The van der Waals surface area contributed by atoms with Gasteiger partial charge in [0.2, 0.25) is 0 Å². The number of halogens is 2. The maximum absolute atomic E-state index is 6.41. The molecule has 1 atom stereocenters. The van der Waals surface area contributed by atoms with Crippen LogP contribution in [0.3, 0.4) is 0 Å². The number of benzene rings is 2. The van der Waals surface area contributed by atoms with Crippen LogP contribution in [0.1, 0.15) is 18.1 Å². The van der Waals surface area contributed by atoms with Gasteiger partial charge in [-0.1, -0.05) is 51.8 Å². The van der Waals surface area contributed by atoms with Crippen molar-refractivity contribution in [3.8, 4) is 0 Å². The van der Waals surface area contributed by atoms with Crippen LogP contribution in [0.5, 0.6) is 0 Å². The third-order valence-corrected chi connectivity index (χ3v) is 4.16. The van der Waals surface area contributed by atoms with E-state index in [0.717, 1.165) is 28.1 Å². The van der Waals surface area contributed by atoms with E-state index in [-0.39, 0.29) is 6.04 Å². The zero-order valence-corrected chi connectivity index (χ0v) is 14.7. The predicted molar refractivity (Wildman–Crippen MR) is 95.1 cm³/mol. The lowest BCUT2D eigenvalue weighted by Gasteiger charge is -2.24. The van der Waals surface area contributed by atoms with Crippen molar-refractivity contribution in [2.75, 3.05) is 11.9 Å². The summed E-state index contributed by atoms with van der Waals surface area (Å²) < 4.78 is 1.09. The van der Waals surface area contributed by atoms with Gasteiger partial charge in [-0.2, -0.15) is 0 Å². The molecule has 0 amide bonds. The fourth-order valence-corrected chi connectivity index (χ4v) is 3.04. The Morgan fingerprint density at radius 2 is 1.86 bits per heavy atom. The molecule has 0 aliphatic heterocycles. The maximum atomic E-state index is 6.41. The summed E-state index contributed by atoms with van der Waals surface area (Å²) in [4.78, 5) is 2.18. The molecule has 112 valence electrons. The van der Waals surface area contributed by atoms with Crippen molar-refractivity contribution in [1.29, 1.82) is 0 Å². The van der Waals surface area contributed by atoms with Crippen molar-refractivity contribution in [3.05, 3.63) is 63.1 Å². The molecular formula is C17H20BrClN2. The topological polar surface area (TPSA) is 29.3 Å². The van der Waals surface area contributed by atoms with Crippen LogP contribution in [0.4, 0.5) is 5.69 Å². The van der Waals surface area contributed by atoms with Crippen LogP contribution >= 0.6 is 27.5 Å². The zero-order chi connectivity index (χ0) is 15.4. The van der Waals surface area contributed by atoms with E-state index in [4.69, 9.17) is 17.3 Å². The van der Waals surface area contributed by atoms with Crippen molar-refractivity contribution in [3.63, 3.8) is 0 Å². The van der Waals surface area contributed by atoms with Gasteiger partial charge in [0.1, 0.15) is 0 Å². The first-order valence-electron chi connectivity index (χ1n) is 6.96. The average Bonchev–Trinajstić information content (AvgIpc) is 2.40. The summed E-state index contributed by atoms with van der Waals surface area (Å²) in [6.45, 7) is 2.82. The molecule has 2 aromatic carbocycles. The summed E-state index contributed by atoms with van der Waals surface area (Å²) in [5.41, 5.74) is 9.45. The molecule has 0 aliphatic rings. The molecule has 21 heavy (non-hydrogen) atoms. The highest BCUT2D eigenvalue weighted by Crippen LogP contribution is 2.31. The second-order valence-corrected chi connectivity index (χ2v) is 6.73. The first-order valence-corrected chi connectivity index (χ1v) is 8.13. The number of hydrogen-bond acceptors (Lipinski definition) is 2. The van der Waals surface area contributed by atoms with Gasteiger partial charge in [-0.3, -0.25) is 0 Å². The summed E-state index contributed by atoms with van der Waals surface area (Å²) >= 11 is 9.87. The molecule has 0 aliphatic carbocycles. The number of rotatable bonds is 5. The second-order valence-electron chi connectivity index (χ2n) is 5.41. The number of hydrogen-bond donors (Lipinski definition) is 1. The van der Waals surface area contributed by atoms with Crippen LogP contribution in [0.25, 0.3) is 0 Å². The highest BCUT2D eigenvalue weighted by molar-refractivity contribution is 9.10. The highest BCUT2D eigenvalue weighted by atomic mass is 79.9. The average molecular weight is 368 g/mol. The quantitative estimate of drug-likeness (QED) is 0.835. The first-order chi connectivity index (χ1) is 9.97. The van der Waals surface area contributed by atoms with Crippen LogP contribution in [0, 0.1) is 0 Å². The van der Waals surface area contributed by atoms with Crippen LogP contribution < -0.4 is 10.6 Å². The maximum Gasteiger partial charge on any atom is 0.0642 e. The lowest BCUT2D eigenvalue weighted by atomic mass is 10.0. The number of nitrogens with two attached hydrogens (primary N) is 1. The molecule has 2 nitrogen and oxygen atoms in total. The van der Waals surface area contributed by atoms with E-state index in [9.17, 15) is 0 Å². The molecule has 0 fully saturated rings. The first kappa shape index (κ1) is 16.3. The van der Waals surface area contributed by atoms with Gasteiger partial charge >= 0.3 is 0 Å². The number of nitrogens with zero attached hydrogens (tertiary/aromatic N) is 1. The van der Waals surface area contributed by atoms with Crippen LogP contribution in [-0.2, 0) is 13.0 Å². The van der Waals surface area contributed by atoms with Crippen molar-refractivity contribution in [2.24, 2.45) is 5.73 Å². The van der Waals surface area contributed by atoms with Crippen LogP contribution in [0.2, 0.25) is 5.02 Å². The Kier molecular flexibility index (Phi) is 5.68. The summed E-state index contributed by atoms with van der Waals surface area (Å²) in [7, 11) is 2.06. The Hall–Kier alpha value is -1.03. The molecule has 2 rings (SSSR count). The molecule has 0 bridgehead atoms. The Morgan fingerprint density at radius 1 is 1.19 bits per heavy atom. The van der Waals surface area contributed by atoms with Crippen LogP contribution in [0.15, 0.2) is 46.9 Å². The van der Waals surface area contributed by atoms with Gasteiger partial charge in [0.25, 0.3) is 0 Å². The van der Waals surface area contributed by atoms with Gasteiger partial charge in [-0.05, 0) is 42.7 Å². The SMILES string of the molecule is CC(N)Cc1cccc(Cl)c1N(C)Cc1ccc(Br)cc1. The molecule has 4 heteroatoms. The second kappa shape index (κ2) is 7.30. The smallest absolute Gasteiger partial charge is 0.0642 e. The van der Waals surface area contributed by atoms with E-state index < -0.39 is 0 Å². The fraction of sp³-hybridized carbons (Fsp3) is 0.294.